The summed E-state index contributed by atoms with van der Waals surface area (Å²) in [5.74, 6) is -0.325. The van der Waals surface area contributed by atoms with Gasteiger partial charge in [0.05, 0.1) is 12.1 Å². The lowest BCUT2D eigenvalue weighted by atomic mass is 10.0. The van der Waals surface area contributed by atoms with Gasteiger partial charge in [-0.2, -0.15) is 0 Å². The molecule has 0 amide bonds. The van der Waals surface area contributed by atoms with E-state index in [1.807, 2.05) is 24.3 Å². The third-order valence-electron chi connectivity index (χ3n) is 4.24. The maximum Gasteiger partial charge on any atom is 0.313 e. The molecule has 128 valence electrons. The van der Waals surface area contributed by atoms with E-state index < -0.39 is 5.97 Å². The van der Waals surface area contributed by atoms with Gasteiger partial charge in [0, 0.05) is 17.1 Å². The molecule has 4 heteroatoms. The number of carbonyl (C=O) groups excluding carboxylic acids is 2. The minimum Gasteiger partial charge on any atom is -0.465 e. The highest BCUT2D eigenvalue weighted by atomic mass is 16.5. The average Bonchev–Trinajstić information content (AvgIpc) is 2.61. The molecule has 2 aromatic rings. The van der Waals surface area contributed by atoms with Gasteiger partial charge in [0.25, 0.3) is 0 Å². The lowest BCUT2D eigenvalue weighted by Gasteiger charge is -2.14. The largest absolute Gasteiger partial charge is 0.465 e. The fraction of sp³-hybridized carbons (Fsp3) is 0.450. The van der Waals surface area contributed by atoms with E-state index in [4.69, 9.17) is 4.74 Å². The number of hydrogen-bond acceptors (Lipinski definition) is 4. The van der Waals surface area contributed by atoms with E-state index in [-0.39, 0.29) is 12.2 Å². The van der Waals surface area contributed by atoms with Gasteiger partial charge in [-0.05, 0) is 24.5 Å². The minimum atomic E-state index is -0.455. The molecule has 1 unspecified atom stereocenters. The second-order valence-corrected chi connectivity index (χ2v) is 6.12. The van der Waals surface area contributed by atoms with Crippen LogP contribution in [0.5, 0.6) is 0 Å². The summed E-state index contributed by atoms with van der Waals surface area (Å²) < 4.78 is 5.29. The quantitative estimate of drug-likeness (QED) is 0.385. The zero-order valence-electron chi connectivity index (χ0n) is 14.5. The summed E-state index contributed by atoms with van der Waals surface area (Å²) >= 11 is 0. The molecule has 0 bridgehead atoms. The molecule has 0 saturated carbocycles. The van der Waals surface area contributed by atoms with Crippen LogP contribution in [0.2, 0.25) is 0 Å². The van der Waals surface area contributed by atoms with Crippen LogP contribution in [0.15, 0.2) is 36.5 Å². The van der Waals surface area contributed by atoms with Crippen molar-refractivity contribution in [3.8, 4) is 0 Å². The number of hydrogen-bond donors (Lipinski definition) is 0. The first kappa shape index (κ1) is 18.1. The van der Waals surface area contributed by atoms with Crippen LogP contribution in [0.3, 0.4) is 0 Å². The Balaban J connectivity index is 1.89. The Hall–Kier alpha value is -2.23. The number of carbonyl (C=O) groups is 2. The molecule has 0 aliphatic carbocycles. The van der Waals surface area contributed by atoms with Gasteiger partial charge in [-0.1, -0.05) is 51.3 Å². The first-order valence-electron chi connectivity index (χ1n) is 8.67. The van der Waals surface area contributed by atoms with Gasteiger partial charge < -0.3 is 4.74 Å². The number of fused-ring (bicyclic) bond motifs is 1. The first-order valence-corrected chi connectivity index (χ1v) is 8.67. The van der Waals surface area contributed by atoms with Gasteiger partial charge in [-0.15, -0.1) is 0 Å². The summed E-state index contributed by atoms with van der Waals surface area (Å²) in [4.78, 5) is 28.4. The van der Waals surface area contributed by atoms with E-state index in [0.717, 1.165) is 36.6 Å². The standard InChI is InChI=1S/C20H25NO3/c1-3-5-8-15(4-2)14-24-20(23)12-19(22)17-11-16-9-6-7-10-18(16)21-13-17/h6-7,9-11,13,15H,3-5,8,12,14H2,1-2H3. The Morgan fingerprint density at radius 2 is 2.00 bits per heavy atom. The second kappa shape index (κ2) is 9.16. The molecule has 2 rings (SSSR count). The molecule has 0 fully saturated rings. The maximum absolute atomic E-state index is 12.2. The fourth-order valence-corrected chi connectivity index (χ4v) is 2.62. The Labute approximate surface area is 143 Å². The van der Waals surface area contributed by atoms with Gasteiger partial charge in [-0.25, -0.2) is 0 Å². The topological polar surface area (TPSA) is 56.3 Å². The van der Waals surface area contributed by atoms with Gasteiger partial charge in [0.1, 0.15) is 6.42 Å². The zero-order valence-corrected chi connectivity index (χ0v) is 14.5. The summed E-state index contributed by atoms with van der Waals surface area (Å²) in [5, 5.41) is 0.891. The van der Waals surface area contributed by atoms with Crippen molar-refractivity contribution in [2.45, 2.75) is 46.0 Å². The van der Waals surface area contributed by atoms with Gasteiger partial charge >= 0.3 is 5.97 Å². The number of esters is 1. The number of aromatic nitrogens is 1. The Morgan fingerprint density at radius 3 is 2.75 bits per heavy atom. The lowest BCUT2D eigenvalue weighted by molar-refractivity contribution is -0.144. The SMILES string of the molecule is CCCCC(CC)COC(=O)CC(=O)c1cnc2ccccc2c1. The molecule has 1 atom stereocenters. The smallest absolute Gasteiger partial charge is 0.313 e. The van der Waals surface area contributed by atoms with Crippen LogP contribution in [0, 0.1) is 5.92 Å². The number of ether oxygens (including phenoxy) is 1. The number of unbranched alkanes of at least 4 members (excludes halogenated alkanes) is 1. The molecule has 0 N–H and O–H groups in total. The zero-order chi connectivity index (χ0) is 17.4. The molecule has 0 radical (unpaired) electrons. The normalized spacial score (nSPS) is 12.1. The highest BCUT2D eigenvalue weighted by Crippen LogP contribution is 2.15. The van der Waals surface area contributed by atoms with Gasteiger partial charge in [0.15, 0.2) is 5.78 Å². The summed E-state index contributed by atoms with van der Waals surface area (Å²) in [6.45, 7) is 4.65. The molecular formula is C20H25NO3. The predicted octanol–water partition coefficient (Wildman–Crippen LogP) is 4.57. The molecule has 1 aromatic heterocycles. The number of Topliss-reactive ketones (excluding diaryl/α,β-unsaturated/α-hetero) is 1. The van der Waals surface area contributed by atoms with Gasteiger partial charge in [0.2, 0.25) is 0 Å². The minimum absolute atomic E-state index is 0.232. The fourth-order valence-electron chi connectivity index (χ4n) is 2.62. The Morgan fingerprint density at radius 1 is 1.21 bits per heavy atom. The average molecular weight is 327 g/mol. The number of benzene rings is 1. The summed E-state index contributed by atoms with van der Waals surface area (Å²) in [6, 6.07) is 9.36. The van der Waals surface area contributed by atoms with Crippen molar-refractivity contribution < 1.29 is 14.3 Å². The number of ketones is 1. The van der Waals surface area contributed by atoms with Crippen molar-refractivity contribution in [1.82, 2.24) is 4.98 Å². The van der Waals surface area contributed by atoms with Crippen LogP contribution in [0.25, 0.3) is 10.9 Å². The van der Waals surface area contributed by atoms with E-state index in [0.29, 0.717) is 18.1 Å². The van der Waals surface area contributed by atoms with Crippen LogP contribution in [-0.2, 0) is 9.53 Å². The molecular weight excluding hydrogens is 302 g/mol. The molecule has 0 saturated heterocycles. The number of para-hydroxylation sites is 1. The molecule has 4 nitrogen and oxygen atoms in total. The summed E-state index contributed by atoms with van der Waals surface area (Å²) in [5.41, 5.74) is 1.28. The van der Waals surface area contributed by atoms with Crippen LogP contribution in [0.4, 0.5) is 0 Å². The molecule has 1 heterocycles. The van der Waals surface area contributed by atoms with Crippen LogP contribution in [0.1, 0.15) is 56.3 Å². The third-order valence-corrected chi connectivity index (χ3v) is 4.24. The van der Waals surface area contributed by atoms with Crippen molar-refractivity contribution in [2.75, 3.05) is 6.61 Å². The first-order chi connectivity index (χ1) is 11.6. The Kier molecular flexibility index (Phi) is 6.91. The molecule has 1 aromatic carbocycles. The van der Waals surface area contributed by atoms with E-state index in [1.165, 1.54) is 6.20 Å². The highest BCUT2D eigenvalue weighted by molar-refractivity contribution is 6.07. The predicted molar refractivity (Wildman–Crippen MR) is 95.0 cm³/mol. The molecule has 24 heavy (non-hydrogen) atoms. The number of rotatable bonds is 9. The van der Waals surface area contributed by atoms with Crippen molar-refractivity contribution in [3.63, 3.8) is 0 Å². The lowest BCUT2D eigenvalue weighted by Crippen LogP contribution is -2.17. The number of pyridine rings is 1. The molecule has 0 aliphatic rings. The molecule has 0 aliphatic heterocycles. The monoisotopic (exact) mass is 327 g/mol. The van der Waals surface area contributed by atoms with Crippen LogP contribution >= 0.6 is 0 Å². The maximum atomic E-state index is 12.2. The van der Waals surface area contributed by atoms with E-state index in [9.17, 15) is 9.59 Å². The summed E-state index contributed by atoms with van der Waals surface area (Å²) in [7, 11) is 0. The van der Waals surface area contributed by atoms with Crippen molar-refractivity contribution in [2.24, 2.45) is 5.92 Å². The summed E-state index contributed by atoms with van der Waals surface area (Å²) in [6.07, 6.45) is 5.60. The van der Waals surface area contributed by atoms with Crippen LogP contribution in [-0.4, -0.2) is 23.3 Å². The second-order valence-electron chi connectivity index (χ2n) is 6.12. The Bertz CT molecular complexity index is 696. The number of nitrogens with zero attached hydrogens (tertiary/aromatic N) is 1. The van der Waals surface area contributed by atoms with E-state index in [2.05, 4.69) is 18.8 Å². The van der Waals surface area contributed by atoms with E-state index >= 15 is 0 Å². The third kappa shape index (κ3) is 5.15. The van der Waals surface area contributed by atoms with Crippen molar-refractivity contribution >= 4 is 22.7 Å². The van der Waals surface area contributed by atoms with Crippen molar-refractivity contribution in [1.29, 1.82) is 0 Å². The molecule has 0 spiro atoms. The van der Waals surface area contributed by atoms with E-state index in [1.54, 1.807) is 6.07 Å². The van der Waals surface area contributed by atoms with Crippen LogP contribution < -0.4 is 0 Å². The van der Waals surface area contributed by atoms with Gasteiger partial charge in [-0.3, -0.25) is 14.6 Å². The van der Waals surface area contributed by atoms with Crippen molar-refractivity contribution in [3.05, 3.63) is 42.1 Å². The highest BCUT2D eigenvalue weighted by Gasteiger charge is 2.16.